The first-order valence-corrected chi connectivity index (χ1v) is 8.71. The van der Waals surface area contributed by atoms with E-state index in [1.54, 1.807) is 11.6 Å². The number of nitrogens with zero attached hydrogens (tertiary/aromatic N) is 5. The standard InChI is InChI=1S/C14H19N5O4S.Na/c1-4-18-14(15-16-17-18)24-5-8-6(2)10-9(7(3)20)12(21)19(10)11(8)13(22)23;/h6-7,9-10,20H,4-5H2,1-3H3,(H,22,23);/q;+1/p-1/t6-,7+,9+,10+;/m0./s1. The van der Waals surface area contributed by atoms with E-state index in [9.17, 15) is 19.8 Å². The molecule has 4 atom stereocenters. The number of aryl methyl sites for hydroxylation is 1. The maximum atomic E-state index is 12.2. The normalized spacial score (nSPS) is 26.2. The Balaban J connectivity index is 0.00000225. The molecule has 9 nitrogen and oxygen atoms in total. The van der Waals surface area contributed by atoms with Crippen LogP contribution in [0, 0.1) is 11.8 Å². The molecule has 1 N–H and O–H groups in total. The zero-order chi connectivity index (χ0) is 17.6. The Hall–Kier alpha value is -0.940. The molecule has 2 aliphatic heterocycles. The number of aliphatic carboxylic acids is 1. The Labute approximate surface area is 171 Å². The second-order valence-corrected chi connectivity index (χ2v) is 6.92. The van der Waals surface area contributed by atoms with Crippen molar-refractivity contribution in [3.63, 3.8) is 0 Å². The van der Waals surface area contributed by atoms with E-state index in [2.05, 4.69) is 15.5 Å². The predicted molar refractivity (Wildman–Crippen MR) is 81.2 cm³/mol. The first-order chi connectivity index (χ1) is 11.4. The first kappa shape index (κ1) is 20.4. The molecule has 1 amide bonds. The molecule has 25 heavy (non-hydrogen) atoms. The third kappa shape index (κ3) is 3.25. The number of carbonyl (C=O) groups excluding carboxylic acids is 2. The number of aliphatic hydroxyl groups is 1. The Morgan fingerprint density at radius 3 is 2.72 bits per heavy atom. The summed E-state index contributed by atoms with van der Waals surface area (Å²) < 4.78 is 1.61. The summed E-state index contributed by atoms with van der Waals surface area (Å²) in [6, 6.07) is -0.330. The number of fused-ring (bicyclic) bond motifs is 1. The molecule has 0 saturated carbocycles. The number of amides is 1. The van der Waals surface area contributed by atoms with E-state index in [0.29, 0.717) is 23.0 Å². The van der Waals surface area contributed by atoms with Crippen LogP contribution in [0.3, 0.4) is 0 Å². The molecule has 0 bridgehead atoms. The molecule has 0 spiro atoms. The van der Waals surface area contributed by atoms with E-state index in [-0.39, 0.29) is 53.1 Å². The fourth-order valence-corrected chi connectivity index (χ4v) is 4.56. The number of rotatable bonds is 6. The quantitative estimate of drug-likeness (QED) is 0.301. The second-order valence-electron chi connectivity index (χ2n) is 5.98. The molecule has 2 aliphatic rings. The van der Waals surface area contributed by atoms with Crippen LogP contribution in [0.1, 0.15) is 20.8 Å². The largest absolute Gasteiger partial charge is 1.00 e. The fourth-order valence-electron chi connectivity index (χ4n) is 3.46. The summed E-state index contributed by atoms with van der Waals surface area (Å²) in [5.41, 5.74) is 0.546. The van der Waals surface area contributed by atoms with Gasteiger partial charge in [0.1, 0.15) is 0 Å². The third-order valence-corrected chi connectivity index (χ3v) is 5.67. The van der Waals surface area contributed by atoms with Crippen molar-refractivity contribution in [3.8, 4) is 0 Å². The van der Waals surface area contributed by atoms with E-state index < -0.39 is 18.0 Å². The van der Waals surface area contributed by atoms with Crippen LogP contribution in [0.5, 0.6) is 0 Å². The fraction of sp³-hybridized carbons (Fsp3) is 0.643. The monoisotopic (exact) mass is 375 g/mol. The number of hydrogen-bond acceptors (Lipinski definition) is 8. The Kier molecular flexibility index (Phi) is 6.31. The molecule has 1 saturated heterocycles. The van der Waals surface area contributed by atoms with E-state index in [1.807, 2.05) is 13.8 Å². The van der Waals surface area contributed by atoms with Crippen LogP contribution in [0.4, 0.5) is 0 Å². The molecule has 0 aliphatic carbocycles. The van der Waals surface area contributed by atoms with Gasteiger partial charge >= 0.3 is 29.6 Å². The van der Waals surface area contributed by atoms with Gasteiger partial charge in [-0.1, -0.05) is 18.7 Å². The van der Waals surface area contributed by atoms with Gasteiger partial charge in [0.25, 0.3) is 0 Å². The van der Waals surface area contributed by atoms with E-state index in [0.717, 1.165) is 0 Å². The average molecular weight is 375 g/mol. The second kappa shape index (κ2) is 7.75. The van der Waals surface area contributed by atoms with Crippen molar-refractivity contribution in [2.24, 2.45) is 11.8 Å². The number of thioether (sulfide) groups is 1. The summed E-state index contributed by atoms with van der Waals surface area (Å²) in [4.78, 5) is 25.1. The molecular weight excluding hydrogens is 357 g/mol. The molecular formula is C14H18N5NaO4S. The van der Waals surface area contributed by atoms with Crippen molar-refractivity contribution in [1.82, 2.24) is 25.1 Å². The van der Waals surface area contributed by atoms with Gasteiger partial charge in [0.15, 0.2) is 0 Å². The predicted octanol–water partition coefficient (Wildman–Crippen LogP) is -4.35. The molecule has 130 valence electrons. The summed E-state index contributed by atoms with van der Waals surface area (Å²) in [6.07, 6.45) is -0.816. The van der Waals surface area contributed by atoms with Crippen LogP contribution in [-0.4, -0.2) is 60.0 Å². The Morgan fingerprint density at radius 2 is 2.16 bits per heavy atom. The zero-order valence-electron chi connectivity index (χ0n) is 14.5. The van der Waals surface area contributed by atoms with Gasteiger partial charge in [-0.3, -0.25) is 4.79 Å². The van der Waals surface area contributed by atoms with Crippen LogP contribution in [0.2, 0.25) is 0 Å². The minimum Gasteiger partial charge on any atom is -0.543 e. The van der Waals surface area contributed by atoms with Crippen molar-refractivity contribution in [2.45, 2.75) is 44.6 Å². The summed E-state index contributed by atoms with van der Waals surface area (Å²) in [5.74, 6) is -2.13. The van der Waals surface area contributed by atoms with Crippen LogP contribution < -0.4 is 34.7 Å². The van der Waals surface area contributed by atoms with Gasteiger partial charge in [0.05, 0.1) is 29.7 Å². The SMILES string of the molecule is CCn1nnnc1SCC1=C(C(=O)[O-])N2C(=O)[C@H]([C@@H](C)O)[C@H]2[C@H]1C.[Na+]. The molecule has 1 aromatic heterocycles. The van der Waals surface area contributed by atoms with Gasteiger partial charge in [-0.2, -0.15) is 0 Å². The van der Waals surface area contributed by atoms with Gasteiger partial charge in [0.2, 0.25) is 11.1 Å². The Morgan fingerprint density at radius 1 is 1.48 bits per heavy atom. The van der Waals surface area contributed by atoms with Crippen molar-refractivity contribution in [1.29, 1.82) is 0 Å². The molecule has 0 aromatic carbocycles. The van der Waals surface area contributed by atoms with Gasteiger partial charge in [0, 0.05) is 18.2 Å². The first-order valence-electron chi connectivity index (χ1n) is 7.72. The zero-order valence-corrected chi connectivity index (χ0v) is 17.4. The number of β-lactam (4-membered cyclic amide) rings is 1. The topological polar surface area (TPSA) is 124 Å². The van der Waals surface area contributed by atoms with E-state index in [4.69, 9.17) is 0 Å². The smallest absolute Gasteiger partial charge is 0.543 e. The van der Waals surface area contributed by atoms with Crippen molar-refractivity contribution in [3.05, 3.63) is 11.3 Å². The summed E-state index contributed by atoms with van der Waals surface area (Å²) in [7, 11) is 0. The summed E-state index contributed by atoms with van der Waals surface area (Å²) >= 11 is 1.32. The van der Waals surface area contributed by atoms with E-state index in [1.165, 1.54) is 16.7 Å². The van der Waals surface area contributed by atoms with E-state index >= 15 is 0 Å². The molecule has 3 rings (SSSR count). The molecule has 3 heterocycles. The Bertz CT molecular complexity index is 722. The maximum Gasteiger partial charge on any atom is 1.00 e. The van der Waals surface area contributed by atoms with Crippen LogP contribution in [0.25, 0.3) is 0 Å². The van der Waals surface area contributed by atoms with Crippen LogP contribution in [0.15, 0.2) is 16.4 Å². The number of carbonyl (C=O) groups is 2. The van der Waals surface area contributed by atoms with Gasteiger partial charge in [-0.25, -0.2) is 4.68 Å². The van der Waals surface area contributed by atoms with Crippen molar-refractivity contribution in [2.75, 3.05) is 5.75 Å². The minimum absolute atomic E-state index is 0. The number of carboxylic acids is 1. The maximum absolute atomic E-state index is 12.2. The number of aromatic nitrogens is 4. The van der Waals surface area contributed by atoms with Gasteiger partial charge < -0.3 is 19.9 Å². The van der Waals surface area contributed by atoms with Crippen LogP contribution >= 0.6 is 11.8 Å². The van der Waals surface area contributed by atoms with Gasteiger partial charge in [-0.05, 0) is 29.8 Å². The molecule has 0 unspecified atom stereocenters. The third-order valence-electron chi connectivity index (χ3n) is 4.66. The van der Waals surface area contributed by atoms with Crippen molar-refractivity contribution < 1.29 is 49.4 Å². The summed E-state index contributed by atoms with van der Waals surface area (Å²) in [5, 5.41) is 33.3. The molecule has 1 aromatic rings. The number of hydrogen-bond donors (Lipinski definition) is 1. The molecule has 1 fully saturated rings. The molecule has 11 heteroatoms. The minimum atomic E-state index is -1.37. The number of aliphatic hydroxyl groups excluding tert-OH is 1. The average Bonchev–Trinajstić information content (AvgIpc) is 3.06. The number of tetrazole rings is 1. The van der Waals surface area contributed by atoms with Crippen molar-refractivity contribution >= 4 is 23.6 Å². The number of carboxylic acid groups (broad SMARTS) is 1. The van der Waals surface area contributed by atoms with Gasteiger partial charge in [-0.15, -0.1) is 5.10 Å². The summed E-state index contributed by atoms with van der Waals surface area (Å²) in [6.45, 7) is 5.93. The van der Waals surface area contributed by atoms with Crippen LogP contribution in [-0.2, 0) is 16.1 Å². The molecule has 0 radical (unpaired) electrons.